The first-order valence-electron chi connectivity index (χ1n) is 9.61. The van der Waals surface area contributed by atoms with E-state index in [1.165, 1.54) is 6.33 Å². The van der Waals surface area contributed by atoms with Crippen molar-refractivity contribution in [1.82, 2.24) is 25.6 Å². The van der Waals surface area contributed by atoms with Crippen LogP contribution in [-0.2, 0) is 27.2 Å². The molecule has 0 fully saturated rings. The van der Waals surface area contributed by atoms with Crippen LogP contribution in [0.15, 0.2) is 43.0 Å². The Hall–Kier alpha value is -3.31. The van der Waals surface area contributed by atoms with Gasteiger partial charge in [-0.1, -0.05) is 18.2 Å². The quantitative estimate of drug-likeness (QED) is 0.217. The summed E-state index contributed by atoms with van der Waals surface area (Å²) >= 11 is 4.11. The van der Waals surface area contributed by atoms with E-state index in [1.54, 1.807) is 12.4 Å². The minimum absolute atomic E-state index is 0.0201. The summed E-state index contributed by atoms with van der Waals surface area (Å²) in [6.45, 7) is 0. The summed E-state index contributed by atoms with van der Waals surface area (Å²) < 4.78 is 0. The lowest BCUT2D eigenvalue weighted by Crippen LogP contribution is -2.55. The maximum Gasteiger partial charge on any atom is 0.326 e. The second kappa shape index (κ2) is 10.1. The van der Waals surface area contributed by atoms with Crippen LogP contribution in [0.25, 0.3) is 10.9 Å². The highest BCUT2D eigenvalue weighted by molar-refractivity contribution is 7.80. The molecule has 0 saturated heterocycles. The molecule has 10 nitrogen and oxygen atoms in total. The van der Waals surface area contributed by atoms with Gasteiger partial charge in [-0.2, -0.15) is 12.6 Å². The number of benzene rings is 1. The molecule has 0 spiro atoms. The summed E-state index contributed by atoms with van der Waals surface area (Å²) in [5.74, 6) is -2.40. The van der Waals surface area contributed by atoms with Crippen LogP contribution in [-0.4, -0.2) is 61.7 Å². The number of hydrogen-bond acceptors (Lipinski definition) is 6. The fraction of sp³-hybridized carbons (Fsp3) is 0.300. The SMILES string of the molecule is N[C@@H](Cc1cnc[nH]1)C(=O)N[C@@H](CS)C(=O)N[C@@H](Cc1c[nH]c2ccccc12)C(=O)O. The van der Waals surface area contributed by atoms with Gasteiger partial charge in [-0.25, -0.2) is 9.78 Å². The zero-order valence-electron chi connectivity index (χ0n) is 16.5. The van der Waals surface area contributed by atoms with Crippen LogP contribution in [0.4, 0.5) is 0 Å². The summed E-state index contributed by atoms with van der Waals surface area (Å²) in [5, 5.41) is 15.5. The van der Waals surface area contributed by atoms with E-state index < -0.39 is 35.9 Å². The van der Waals surface area contributed by atoms with E-state index in [2.05, 4.69) is 38.2 Å². The van der Waals surface area contributed by atoms with Crippen LogP contribution in [0.2, 0.25) is 0 Å². The number of nitrogens with zero attached hydrogens (tertiary/aromatic N) is 1. The third kappa shape index (κ3) is 5.64. The normalized spacial score (nSPS) is 14.0. The molecule has 0 saturated carbocycles. The molecule has 0 bridgehead atoms. The second-order valence-electron chi connectivity index (χ2n) is 7.09. The Morgan fingerprint density at radius 2 is 1.84 bits per heavy atom. The van der Waals surface area contributed by atoms with Crippen molar-refractivity contribution in [3.63, 3.8) is 0 Å². The number of rotatable bonds is 10. The van der Waals surface area contributed by atoms with Crippen LogP contribution in [0, 0.1) is 0 Å². The number of nitrogens with two attached hydrogens (primary N) is 1. The maximum absolute atomic E-state index is 12.7. The van der Waals surface area contributed by atoms with Gasteiger partial charge in [-0.15, -0.1) is 0 Å². The molecule has 164 valence electrons. The molecule has 31 heavy (non-hydrogen) atoms. The third-order valence-electron chi connectivity index (χ3n) is 4.86. The average Bonchev–Trinajstić information content (AvgIpc) is 3.41. The van der Waals surface area contributed by atoms with E-state index in [-0.39, 0.29) is 18.6 Å². The van der Waals surface area contributed by atoms with Crippen molar-refractivity contribution >= 4 is 41.3 Å². The number of H-pyrrole nitrogens is 2. The van der Waals surface area contributed by atoms with Gasteiger partial charge in [-0.3, -0.25) is 9.59 Å². The van der Waals surface area contributed by atoms with Crippen LogP contribution in [0.1, 0.15) is 11.3 Å². The van der Waals surface area contributed by atoms with E-state index in [0.29, 0.717) is 5.69 Å². The standard InChI is InChI=1S/C20H24N6O4S/c21-14(6-12-8-22-10-24-12)18(27)26-17(9-31)19(28)25-16(20(29)30)5-11-7-23-15-4-2-1-3-13(11)15/h1-4,7-8,10,14,16-17,23,31H,5-6,9,21H2,(H,22,24)(H,25,28)(H,26,27)(H,29,30)/t14-,16-,17-/m0/s1. The van der Waals surface area contributed by atoms with E-state index in [4.69, 9.17) is 5.73 Å². The number of fused-ring (bicyclic) bond motifs is 1. The van der Waals surface area contributed by atoms with Gasteiger partial charge in [0.15, 0.2) is 0 Å². The minimum atomic E-state index is -1.18. The number of aromatic amines is 2. The summed E-state index contributed by atoms with van der Waals surface area (Å²) in [5.41, 5.74) is 8.21. The fourth-order valence-electron chi connectivity index (χ4n) is 3.19. The zero-order valence-corrected chi connectivity index (χ0v) is 17.4. The Morgan fingerprint density at radius 3 is 2.52 bits per heavy atom. The van der Waals surface area contributed by atoms with Gasteiger partial charge < -0.3 is 31.4 Å². The number of thiol groups is 1. The highest BCUT2D eigenvalue weighted by atomic mass is 32.1. The molecule has 0 aliphatic carbocycles. The predicted octanol–water partition coefficient (Wildman–Crippen LogP) is -0.0125. The first-order valence-corrected chi connectivity index (χ1v) is 10.2. The Balaban J connectivity index is 1.62. The molecule has 11 heteroatoms. The topological polar surface area (TPSA) is 166 Å². The number of amides is 2. The van der Waals surface area contributed by atoms with Crippen molar-refractivity contribution < 1.29 is 19.5 Å². The van der Waals surface area contributed by atoms with Gasteiger partial charge in [-0.05, 0) is 11.6 Å². The molecular formula is C20H24N6O4S. The van der Waals surface area contributed by atoms with E-state index in [0.717, 1.165) is 16.5 Å². The largest absolute Gasteiger partial charge is 0.480 e. The molecule has 0 unspecified atom stereocenters. The molecule has 1 aromatic carbocycles. The van der Waals surface area contributed by atoms with Crippen molar-refractivity contribution in [2.45, 2.75) is 31.0 Å². The highest BCUT2D eigenvalue weighted by Gasteiger charge is 2.28. The van der Waals surface area contributed by atoms with Gasteiger partial charge in [0.25, 0.3) is 0 Å². The van der Waals surface area contributed by atoms with E-state index in [1.807, 2.05) is 24.3 Å². The predicted molar refractivity (Wildman–Crippen MR) is 118 cm³/mol. The number of para-hydroxylation sites is 1. The Bertz CT molecular complexity index is 1050. The number of aromatic nitrogens is 3. The number of aliphatic carboxylic acids is 1. The molecule has 2 aromatic heterocycles. The number of carboxylic acid groups (broad SMARTS) is 1. The van der Waals surface area contributed by atoms with Gasteiger partial charge in [0.1, 0.15) is 12.1 Å². The summed E-state index contributed by atoms with van der Waals surface area (Å²) in [6, 6.07) is 4.37. The first-order chi connectivity index (χ1) is 14.9. The van der Waals surface area contributed by atoms with Crippen molar-refractivity contribution in [2.75, 3.05) is 5.75 Å². The number of imidazole rings is 1. The second-order valence-corrected chi connectivity index (χ2v) is 7.46. The number of carbonyl (C=O) groups is 3. The fourth-order valence-corrected chi connectivity index (χ4v) is 3.45. The molecule has 0 radical (unpaired) electrons. The van der Waals surface area contributed by atoms with Crippen LogP contribution in [0.5, 0.6) is 0 Å². The first kappa shape index (κ1) is 22.4. The molecule has 2 heterocycles. The monoisotopic (exact) mass is 444 g/mol. The van der Waals surface area contributed by atoms with Crippen LogP contribution < -0.4 is 16.4 Å². The van der Waals surface area contributed by atoms with Gasteiger partial charge in [0.05, 0.1) is 12.4 Å². The lowest BCUT2D eigenvalue weighted by atomic mass is 10.0. The highest BCUT2D eigenvalue weighted by Crippen LogP contribution is 2.19. The number of carbonyl (C=O) groups excluding carboxylic acids is 2. The Morgan fingerprint density at radius 1 is 1.10 bits per heavy atom. The molecule has 3 aromatic rings. The Kier molecular flexibility index (Phi) is 7.32. The average molecular weight is 445 g/mol. The van der Waals surface area contributed by atoms with Crippen LogP contribution >= 0.6 is 12.6 Å². The van der Waals surface area contributed by atoms with Gasteiger partial charge in [0.2, 0.25) is 11.8 Å². The molecular weight excluding hydrogens is 420 g/mol. The molecule has 3 atom stereocenters. The maximum atomic E-state index is 12.7. The number of nitrogens with one attached hydrogen (secondary N) is 4. The third-order valence-corrected chi connectivity index (χ3v) is 5.23. The molecule has 7 N–H and O–H groups in total. The molecule has 3 rings (SSSR count). The Labute approximate surface area is 183 Å². The minimum Gasteiger partial charge on any atom is -0.480 e. The van der Waals surface area contributed by atoms with Crippen molar-refractivity contribution in [3.05, 3.63) is 54.2 Å². The number of hydrogen-bond donors (Lipinski definition) is 7. The summed E-state index contributed by atoms with van der Waals surface area (Å²) in [7, 11) is 0. The zero-order chi connectivity index (χ0) is 22.4. The smallest absolute Gasteiger partial charge is 0.326 e. The number of carboxylic acids is 1. The molecule has 0 aliphatic heterocycles. The van der Waals surface area contributed by atoms with Gasteiger partial charge >= 0.3 is 5.97 Å². The lowest BCUT2D eigenvalue weighted by Gasteiger charge is -2.21. The summed E-state index contributed by atoms with van der Waals surface area (Å²) in [4.78, 5) is 46.6. The van der Waals surface area contributed by atoms with Crippen LogP contribution in [0.3, 0.4) is 0 Å². The van der Waals surface area contributed by atoms with E-state index >= 15 is 0 Å². The van der Waals surface area contributed by atoms with E-state index in [9.17, 15) is 19.5 Å². The van der Waals surface area contributed by atoms with Gasteiger partial charge in [0, 0.05) is 47.6 Å². The molecule has 2 amide bonds. The van der Waals surface area contributed by atoms with Crippen molar-refractivity contribution in [3.8, 4) is 0 Å². The lowest BCUT2D eigenvalue weighted by molar-refractivity contribution is -0.142. The molecule has 0 aliphatic rings. The van der Waals surface area contributed by atoms with Crippen molar-refractivity contribution in [2.24, 2.45) is 5.73 Å². The summed E-state index contributed by atoms with van der Waals surface area (Å²) in [6.07, 6.45) is 5.05. The van der Waals surface area contributed by atoms with Crippen molar-refractivity contribution in [1.29, 1.82) is 0 Å².